The summed E-state index contributed by atoms with van der Waals surface area (Å²) in [5, 5.41) is 0. The molecule has 0 amide bonds. The number of halogens is 1. The molecule has 0 saturated heterocycles. The zero-order valence-electron chi connectivity index (χ0n) is 12.6. The third-order valence-electron chi connectivity index (χ3n) is 4.47. The maximum Gasteiger partial charge on any atom is 0.123 e. The third kappa shape index (κ3) is 3.98. The van der Waals surface area contributed by atoms with E-state index in [4.69, 9.17) is 10.5 Å². The third-order valence-corrected chi connectivity index (χ3v) is 5.33. The summed E-state index contributed by atoms with van der Waals surface area (Å²) in [4.78, 5) is 0. The number of methoxy groups -OCH3 is 1. The highest BCUT2D eigenvalue weighted by Gasteiger charge is 2.20. The van der Waals surface area contributed by atoms with E-state index in [2.05, 4.69) is 35.0 Å². The minimum Gasteiger partial charge on any atom is -0.496 e. The summed E-state index contributed by atoms with van der Waals surface area (Å²) in [6.45, 7) is 2.08. The molecule has 2 N–H and O–H groups in total. The normalized spacial score (nSPS) is 18.6. The van der Waals surface area contributed by atoms with Gasteiger partial charge in [-0.1, -0.05) is 54.5 Å². The average molecular weight is 340 g/mol. The maximum absolute atomic E-state index is 6.47. The van der Waals surface area contributed by atoms with E-state index < -0.39 is 0 Å². The Kier molecular flexibility index (Phi) is 5.91. The fraction of sp³-hybridized carbons (Fsp3) is 0.647. The van der Waals surface area contributed by atoms with Gasteiger partial charge >= 0.3 is 0 Å². The van der Waals surface area contributed by atoms with Gasteiger partial charge in [0.2, 0.25) is 0 Å². The van der Waals surface area contributed by atoms with Crippen molar-refractivity contribution in [3.8, 4) is 5.75 Å². The molecule has 2 rings (SSSR count). The Bertz CT molecular complexity index is 439. The Morgan fingerprint density at radius 3 is 2.50 bits per heavy atom. The molecule has 112 valence electrons. The highest BCUT2D eigenvalue weighted by atomic mass is 79.9. The molecular formula is C17H26BrNO. The number of hydrogen-bond donors (Lipinski definition) is 1. The molecule has 1 aliphatic carbocycles. The van der Waals surface area contributed by atoms with Crippen molar-refractivity contribution in [3.05, 3.63) is 27.7 Å². The Morgan fingerprint density at radius 2 is 1.90 bits per heavy atom. The van der Waals surface area contributed by atoms with Crippen LogP contribution in [0.5, 0.6) is 5.75 Å². The second-order valence-corrected chi connectivity index (χ2v) is 6.90. The van der Waals surface area contributed by atoms with Gasteiger partial charge in [-0.2, -0.15) is 0 Å². The number of nitrogens with two attached hydrogens (primary N) is 1. The first-order valence-corrected chi connectivity index (χ1v) is 8.50. The van der Waals surface area contributed by atoms with Gasteiger partial charge in [-0.3, -0.25) is 0 Å². The SMILES string of the molecule is COc1cc(C)c(Br)cc1C(N)CC1CCCCCC1. The van der Waals surface area contributed by atoms with Crippen LogP contribution in [-0.4, -0.2) is 7.11 Å². The van der Waals surface area contributed by atoms with Crippen LogP contribution in [0.15, 0.2) is 16.6 Å². The molecule has 0 heterocycles. The van der Waals surface area contributed by atoms with Crippen molar-refractivity contribution in [2.75, 3.05) is 7.11 Å². The highest BCUT2D eigenvalue weighted by Crippen LogP contribution is 2.35. The predicted molar refractivity (Wildman–Crippen MR) is 88.2 cm³/mol. The van der Waals surface area contributed by atoms with Crippen LogP contribution in [-0.2, 0) is 0 Å². The summed E-state index contributed by atoms with van der Waals surface area (Å²) < 4.78 is 6.63. The number of benzene rings is 1. The largest absolute Gasteiger partial charge is 0.496 e. The van der Waals surface area contributed by atoms with E-state index in [0.29, 0.717) is 0 Å². The summed E-state index contributed by atoms with van der Waals surface area (Å²) in [6.07, 6.45) is 9.27. The second-order valence-electron chi connectivity index (χ2n) is 6.04. The topological polar surface area (TPSA) is 35.2 Å². The Morgan fingerprint density at radius 1 is 1.25 bits per heavy atom. The van der Waals surface area contributed by atoms with E-state index in [1.54, 1.807) is 7.11 Å². The van der Waals surface area contributed by atoms with Crippen molar-refractivity contribution < 1.29 is 4.74 Å². The summed E-state index contributed by atoms with van der Waals surface area (Å²) in [5.74, 6) is 1.70. The Hall–Kier alpha value is -0.540. The fourth-order valence-corrected chi connectivity index (χ4v) is 3.58. The van der Waals surface area contributed by atoms with E-state index in [-0.39, 0.29) is 6.04 Å². The van der Waals surface area contributed by atoms with Crippen LogP contribution in [0.1, 0.15) is 62.1 Å². The summed E-state index contributed by atoms with van der Waals surface area (Å²) in [6, 6.07) is 4.28. The number of ether oxygens (including phenoxy) is 1. The van der Waals surface area contributed by atoms with E-state index in [9.17, 15) is 0 Å². The van der Waals surface area contributed by atoms with Crippen LogP contribution >= 0.6 is 15.9 Å². The fourth-order valence-electron chi connectivity index (χ4n) is 3.22. The molecule has 0 aromatic heterocycles. The lowest BCUT2D eigenvalue weighted by molar-refractivity contribution is 0.373. The van der Waals surface area contributed by atoms with Crippen LogP contribution in [0.25, 0.3) is 0 Å². The first-order valence-electron chi connectivity index (χ1n) is 7.71. The molecule has 0 radical (unpaired) electrons. The molecule has 1 aromatic rings. The predicted octanol–water partition coefficient (Wildman–Crippen LogP) is 5.13. The van der Waals surface area contributed by atoms with E-state index >= 15 is 0 Å². The van der Waals surface area contributed by atoms with Gasteiger partial charge in [-0.25, -0.2) is 0 Å². The molecular weight excluding hydrogens is 314 g/mol. The molecule has 1 unspecified atom stereocenters. The van der Waals surface area contributed by atoms with Crippen LogP contribution in [0.2, 0.25) is 0 Å². The lowest BCUT2D eigenvalue weighted by Gasteiger charge is -2.22. The summed E-state index contributed by atoms with van der Waals surface area (Å²) in [7, 11) is 1.73. The van der Waals surface area contributed by atoms with E-state index in [1.165, 1.54) is 44.1 Å². The molecule has 20 heavy (non-hydrogen) atoms. The molecule has 1 atom stereocenters. The zero-order chi connectivity index (χ0) is 14.5. The van der Waals surface area contributed by atoms with Gasteiger partial charge in [-0.15, -0.1) is 0 Å². The van der Waals surface area contributed by atoms with Crippen molar-refractivity contribution >= 4 is 15.9 Å². The molecule has 2 nitrogen and oxygen atoms in total. The number of rotatable bonds is 4. The van der Waals surface area contributed by atoms with Crippen molar-refractivity contribution in [2.45, 2.75) is 57.9 Å². The van der Waals surface area contributed by atoms with Crippen LogP contribution in [0.4, 0.5) is 0 Å². The van der Waals surface area contributed by atoms with Gasteiger partial charge in [0.15, 0.2) is 0 Å². The molecule has 0 bridgehead atoms. The van der Waals surface area contributed by atoms with Crippen LogP contribution in [0, 0.1) is 12.8 Å². The van der Waals surface area contributed by atoms with Crippen LogP contribution < -0.4 is 10.5 Å². The van der Waals surface area contributed by atoms with Gasteiger partial charge in [0.1, 0.15) is 5.75 Å². The molecule has 3 heteroatoms. The van der Waals surface area contributed by atoms with Crippen molar-refractivity contribution in [1.29, 1.82) is 0 Å². The number of hydrogen-bond acceptors (Lipinski definition) is 2. The smallest absolute Gasteiger partial charge is 0.123 e. The van der Waals surface area contributed by atoms with Gasteiger partial charge in [0.25, 0.3) is 0 Å². The van der Waals surface area contributed by atoms with Crippen molar-refractivity contribution in [3.63, 3.8) is 0 Å². The molecule has 0 aliphatic heterocycles. The molecule has 1 aromatic carbocycles. The molecule has 1 saturated carbocycles. The van der Waals surface area contributed by atoms with Crippen LogP contribution in [0.3, 0.4) is 0 Å². The molecule has 1 aliphatic rings. The zero-order valence-corrected chi connectivity index (χ0v) is 14.2. The van der Waals surface area contributed by atoms with Crippen molar-refractivity contribution in [1.82, 2.24) is 0 Å². The van der Waals surface area contributed by atoms with Gasteiger partial charge in [-0.05, 0) is 37.0 Å². The van der Waals surface area contributed by atoms with Gasteiger partial charge < -0.3 is 10.5 Å². The molecule has 1 fully saturated rings. The van der Waals surface area contributed by atoms with Crippen molar-refractivity contribution in [2.24, 2.45) is 11.7 Å². The lowest BCUT2D eigenvalue weighted by Crippen LogP contribution is -2.16. The van der Waals surface area contributed by atoms with Gasteiger partial charge in [0, 0.05) is 16.1 Å². The standard InChI is InChI=1S/C17H26BrNO/c1-12-9-17(20-2)14(11-15(12)18)16(19)10-13-7-5-3-4-6-8-13/h9,11,13,16H,3-8,10,19H2,1-2H3. The summed E-state index contributed by atoms with van der Waals surface area (Å²) in [5.41, 5.74) is 8.79. The highest BCUT2D eigenvalue weighted by molar-refractivity contribution is 9.10. The van der Waals surface area contributed by atoms with E-state index in [0.717, 1.165) is 28.1 Å². The monoisotopic (exact) mass is 339 g/mol. The lowest BCUT2D eigenvalue weighted by atomic mass is 9.89. The minimum atomic E-state index is 0.0740. The van der Waals surface area contributed by atoms with Gasteiger partial charge in [0.05, 0.1) is 7.11 Å². The quantitative estimate of drug-likeness (QED) is 0.772. The maximum atomic E-state index is 6.47. The first kappa shape index (κ1) is 15.8. The summed E-state index contributed by atoms with van der Waals surface area (Å²) >= 11 is 3.60. The Balaban J connectivity index is 2.11. The minimum absolute atomic E-state index is 0.0740. The molecule has 0 spiro atoms. The first-order chi connectivity index (χ1) is 9.61. The number of aryl methyl sites for hydroxylation is 1. The Labute approximate surface area is 131 Å². The average Bonchev–Trinajstić information content (AvgIpc) is 2.69. The second kappa shape index (κ2) is 7.46. The van der Waals surface area contributed by atoms with E-state index in [1.807, 2.05) is 0 Å².